The van der Waals surface area contributed by atoms with Gasteiger partial charge in [0.1, 0.15) is 6.54 Å². The highest BCUT2D eigenvalue weighted by molar-refractivity contribution is 5.87. The Labute approximate surface area is 119 Å². The maximum absolute atomic E-state index is 12.3. The van der Waals surface area contributed by atoms with Gasteiger partial charge in [-0.25, -0.2) is 0 Å². The first-order chi connectivity index (χ1) is 9.21. The fourth-order valence-corrected chi connectivity index (χ4v) is 2.29. The summed E-state index contributed by atoms with van der Waals surface area (Å²) in [5.74, 6) is -1.37. The number of likely N-dealkylation sites (tertiary alicyclic amines) is 1. The van der Waals surface area contributed by atoms with Gasteiger partial charge in [0, 0.05) is 18.5 Å². The summed E-state index contributed by atoms with van der Waals surface area (Å²) < 4.78 is 0. The average Bonchev–Trinajstić information content (AvgIpc) is 2.50. The molecule has 1 aliphatic rings. The van der Waals surface area contributed by atoms with Crippen molar-refractivity contribution in [3.63, 3.8) is 0 Å². The van der Waals surface area contributed by atoms with Crippen molar-refractivity contribution in [3.8, 4) is 0 Å². The van der Waals surface area contributed by atoms with Gasteiger partial charge in [0.25, 0.3) is 0 Å². The van der Waals surface area contributed by atoms with Crippen LogP contribution in [0.15, 0.2) is 0 Å². The molecule has 0 aromatic carbocycles. The minimum absolute atomic E-state index is 0.0139. The molecule has 2 amide bonds. The van der Waals surface area contributed by atoms with Crippen LogP contribution in [-0.4, -0.2) is 57.9 Å². The fourth-order valence-electron chi connectivity index (χ4n) is 2.29. The Morgan fingerprint density at radius 2 is 1.90 bits per heavy atom. The molecule has 1 aliphatic heterocycles. The van der Waals surface area contributed by atoms with E-state index in [1.807, 2.05) is 0 Å². The first-order valence-electron chi connectivity index (χ1n) is 7.02. The second-order valence-electron chi connectivity index (χ2n) is 6.17. The van der Waals surface area contributed by atoms with Gasteiger partial charge in [0.15, 0.2) is 0 Å². The number of hydrogen-bond acceptors (Lipinski definition) is 3. The lowest BCUT2D eigenvalue weighted by molar-refractivity contribution is -0.150. The Bertz CT molecular complexity index is 387. The van der Waals surface area contributed by atoms with Gasteiger partial charge in [0.05, 0.1) is 6.54 Å². The number of carboxylic acids is 1. The number of nitrogens with zero attached hydrogens (tertiary/aromatic N) is 2. The molecule has 1 N–H and O–H groups in total. The predicted octanol–water partition coefficient (Wildman–Crippen LogP) is 1.10. The van der Waals surface area contributed by atoms with Crippen LogP contribution in [0.4, 0.5) is 0 Å². The third kappa shape index (κ3) is 4.83. The smallest absolute Gasteiger partial charge is 0.323 e. The van der Waals surface area contributed by atoms with Crippen molar-refractivity contribution in [1.82, 2.24) is 9.80 Å². The number of rotatable bonds is 4. The van der Waals surface area contributed by atoms with Crippen LogP contribution >= 0.6 is 0 Å². The molecule has 0 aromatic heterocycles. The van der Waals surface area contributed by atoms with E-state index in [0.29, 0.717) is 13.0 Å². The quantitative estimate of drug-likeness (QED) is 0.838. The Balaban J connectivity index is 2.74. The highest BCUT2D eigenvalue weighted by Crippen LogP contribution is 2.16. The van der Waals surface area contributed by atoms with Crippen molar-refractivity contribution < 1.29 is 19.5 Å². The van der Waals surface area contributed by atoms with Gasteiger partial charge in [-0.1, -0.05) is 6.42 Å². The molecule has 1 saturated heterocycles. The zero-order chi connectivity index (χ0) is 15.3. The third-order valence-corrected chi connectivity index (χ3v) is 3.40. The normalized spacial score (nSPS) is 16.8. The summed E-state index contributed by atoms with van der Waals surface area (Å²) in [6.45, 7) is 5.58. The summed E-state index contributed by atoms with van der Waals surface area (Å²) in [5.41, 5.74) is -0.579. The second kappa shape index (κ2) is 6.72. The number of carbonyl (C=O) groups is 3. The van der Waals surface area contributed by atoms with Crippen LogP contribution < -0.4 is 0 Å². The lowest BCUT2D eigenvalue weighted by Crippen LogP contribution is -2.52. The van der Waals surface area contributed by atoms with E-state index in [9.17, 15) is 14.4 Å². The maximum Gasteiger partial charge on any atom is 0.323 e. The number of carboxylic acid groups (broad SMARTS) is 1. The van der Waals surface area contributed by atoms with E-state index < -0.39 is 11.5 Å². The molecule has 6 heteroatoms. The summed E-state index contributed by atoms with van der Waals surface area (Å²) >= 11 is 0. The van der Waals surface area contributed by atoms with Crippen LogP contribution in [0.25, 0.3) is 0 Å². The zero-order valence-electron chi connectivity index (χ0n) is 12.5. The minimum atomic E-state index is -1.05. The first-order valence-corrected chi connectivity index (χ1v) is 7.02. The van der Waals surface area contributed by atoms with Crippen LogP contribution in [0, 0.1) is 0 Å². The van der Waals surface area contributed by atoms with E-state index in [1.54, 1.807) is 25.7 Å². The molecule has 6 nitrogen and oxygen atoms in total. The van der Waals surface area contributed by atoms with Gasteiger partial charge in [0.2, 0.25) is 11.8 Å². The molecule has 0 aromatic rings. The van der Waals surface area contributed by atoms with Crippen LogP contribution in [-0.2, 0) is 14.4 Å². The molecule has 1 fully saturated rings. The highest BCUT2D eigenvalue weighted by atomic mass is 16.4. The van der Waals surface area contributed by atoms with Crippen molar-refractivity contribution in [3.05, 3.63) is 0 Å². The molecule has 0 bridgehead atoms. The Morgan fingerprint density at radius 1 is 1.25 bits per heavy atom. The SMILES string of the molecule is CC(C)(C)N(CC(=O)O)C(=O)CN1CCCCCC1=O. The van der Waals surface area contributed by atoms with Crippen molar-refractivity contribution in [1.29, 1.82) is 0 Å². The number of aliphatic carboxylic acids is 1. The summed E-state index contributed by atoms with van der Waals surface area (Å²) in [5, 5.41) is 8.92. The molecule has 0 radical (unpaired) electrons. The number of amides is 2. The van der Waals surface area contributed by atoms with Crippen molar-refractivity contribution in [2.24, 2.45) is 0 Å². The molecule has 0 atom stereocenters. The lowest BCUT2D eigenvalue weighted by Gasteiger charge is -2.36. The van der Waals surface area contributed by atoms with Gasteiger partial charge in [-0.05, 0) is 33.6 Å². The average molecular weight is 284 g/mol. The monoisotopic (exact) mass is 284 g/mol. The number of hydrogen-bond donors (Lipinski definition) is 1. The van der Waals surface area contributed by atoms with Crippen LogP contribution in [0.1, 0.15) is 46.5 Å². The standard InChI is InChI=1S/C14H24N2O4/c1-14(2,3)16(10-13(19)20)12(18)9-15-8-6-4-5-7-11(15)17/h4-10H2,1-3H3,(H,19,20). The van der Waals surface area contributed by atoms with E-state index in [4.69, 9.17) is 5.11 Å². The molecule has 0 spiro atoms. The molecular formula is C14H24N2O4. The van der Waals surface area contributed by atoms with E-state index >= 15 is 0 Å². The molecule has 0 unspecified atom stereocenters. The van der Waals surface area contributed by atoms with Gasteiger partial charge in [-0.2, -0.15) is 0 Å². The van der Waals surface area contributed by atoms with Crippen LogP contribution in [0.2, 0.25) is 0 Å². The second-order valence-corrected chi connectivity index (χ2v) is 6.17. The molecule has 0 aliphatic carbocycles. The Hall–Kier alpha value is -1.59. The van der Waals surface area contributed by atoms with Crippen molar-refractivity contribution in [2.45, 2.75) is 52.0 Å². The van der Waals surface area contributed by atoms with Crippen LogP contribution in [0.3, 0.4) is 0 Å². The molecule has 114 valence electrons. The third-order valence-electron chi connectivity index (χ3n) is 3.40. The lowest BCUT2D eigenvalue weighted by atomic mass is 10.1. The van der Waals surface area contributed by atoms with E-state index in [-0.39, 0.29) is 24.9 Å². The summed E-state index contributed by atoms with van der Waals surface area (Å²) in [6, 6.07) is 0. The summed E-state index contributed by atoms with van der Waals surface area (Å²) in [7, 11) is 0. The van der Waals surface area contributed by atoms with Crippen molar-refractivity contribution >= 4 is 17.8 Å². The molecule has 1 rings (SSSR count). The van der Waals surface area contributed by atoms with Crippen molar-refractivity contribution in [2.75, 3.05) is 19.6 Å². The van der Waals surface area contributed by atoms with Crippen LogP contribution in [0.5, 0.6) is 0 Å². The molecular weight excluding hydrogens is 260 g/mol. The van der Waals surface area contributed by atoms with Gasteiger partial charge in [-0.3, -0.25) is 14.4 Å². The fraction of sp³-hybridized carbons (Fsp3) is 0.786. The van der Waals surface area contributed by atoms with Gasteiger partial charge >= 0.3 is 5.97 Å². The van der Waals surface area contributed by atoms with Gasteiger partial charge < -0.3 is 14.9 Å². The highest BCUT2D eigenvalue weighted by Gasteiger charge is 2.30. The predicted molar refractivity (Wildman–Crippen MR) is 74.1 cm³/mol. The topological polar surface area (TPSA) is 77.9 Å². The zero-order valence-corrected chi connectivity index (χ0v) is 12.5. The van der Waals surface area contributed by atoms with Gasteiger partial charge in [-0.15, -0.1) is 0 Å². The Morgan fingerprint density at radius 3 is 2.45 bits per heavy atom. The molecule has 0 saturated carbocycles. The van der Waals surface area contributed by atoms with E-state index in [2.05, 4.69) is 0 Å². The number of carbonyl (C=O) groups excluding carboxylic acids is 2. The van der Waals surface area contributed by atoms with E-state index in [0.717, 1.165) is 19.3 Å². The largest absolute Gasteiger partial charge is 0.480 e. The summed E-state index contributed by atoms with van der Waals surface area (Å²) in [4.78, 5) is 38.0. The molecule has 1 heterocycles. The summed E-state index contributed by atoms with van der Waals surface area (Å²) in [6.07, 6.45) is 3.23. The van der Waals surface area contributed by atoms with E-state index in [1.165, 1.54) is 4.90 Å². The molecule has 20 heavy (non-hydrogen) atoms. The minimum Gasteiger partial charge on any atom is -0.480 e. The maximum atomic E-state index is 12.3. The Kier molecular flexibility index (Phi) is 5.53. The first kappa shape index (κ1) is 16.5.